The van der Waals surface area contributed by atoms with Gasteiger partial charge in [0, 0.05) is 17.2 Å². The van der Waals surface area contributed by atoms with Crippen LogP contribution in [-0.4, -0.2) is 21.0 Å². The van der Waals surface area contributed by atoms with Crippen LogP contribution in [0.2, 0.25) is 0 Å². The molecule has 6 heteroatoms. The van der Waals surface area contributed by atoms with Gasteiger partial charge in [0.05, 0.1) is 23.9 Å². The summed E-state index contributed by atoms with van der Waals surface area (Å²) in [6, 6.07) is 16.9. The molecule has 0 fully saturated rings. The topological polar surface area (TPSA) is 83.8 Å². The Labute approximate surface area is 137 Å². The minimum atomic E-state index is -0.171. The van der Waals surface area contributed by atoms with Gasteiger partial charge in [0.1, 0.15) is 5.69 Å². The average molecular weight is 318 g/mol. The summed E-state index contributed by atoms with van der Waals surface area (Å²) in [5, 5.41) is 6.84. The molecule has 0 aliphatic carbocycles. The molecule has 2 N–H and O–H groups in total. The number of rotatable bonds is 4. The largest absolute Gasteiger partial charge is 0.356 e. The Morgan fingerprint density at radius 1 is 1.12 bits per heavy atom. The van der Waals surface area contributed by atoms with E-state index < -0.39 is 0 Å². The number of hydrogen-bond acceptors (Lipinski definition) is 4. The van der Waals surface area contributed by atoms with E-state index in [1.54, 1.807) is 18.5 Å². The maximum Gasteiger partial charge on any atom is 0.251 e. The molecule has 2 aromatic carbocycles. The fraction of sp³-hybridized carbons (Fsp3) is 0.0556. The number of amides is 1. The van der Waals surface area contributed by atoms with Crippen LogP contribution in [0.1, 0.15) is 16.1 Å². The number of benzene rings is 2. The number of hydrogen-bond donors (Lipinski definition) is 2. The Hall–Kier alpha value is -3.41. The molecular weight excluding hydrogens is 304 g/mol. The van der Waals surface area contributed by atoms with E-state index in [-0.39, 0.29) is 5.91 Å². The molecule has 24 heavy (non-hydrogen) atoms. The number of H-pyrrole nitrogens is 1. The molecule has 0 unspecified atom stereocenters. The summed E-state index contributed by atoms with van der Waals surface area (Å²) in [6.07, 6.45) is 1.60. The molecule has 4 aromatic rings. The van der Waals surface area contributed by atoms with Crippen LogP contribution in [0.3, 0.4) is 0 Å². The van der Waals surface area contributed by atoms with Crippen molar-refractivity contribution >= 4 is 16.9 Å². The van der Waals surface area contributed by atoms with Crippen LogP contribution < -0.4 is 5.32 Å². The summed E-state index contributed by atoms with van der Waals surface area (Å²) in [6.45, 7) is 0.302. The molecule has 6 nitrogen and oxygen atoms in total. The number of nitrogens with zero attached hydrogens (tertiary/aromatic N) is 2. The fourth-order valence-corrected chi connectivity index (χ4v) is 2.48. The zero-order valence-corrected chi connectivity index (χ0v) is 12.7. The van der Waals surface area contributed by atoms with Crippen molar-refractivity contribution in [3.8, 4) is 11.3 Å². The molecule has 1 amide bonds. The third-order valence-electron chi connectivity index (χ3n) is 3.73. The number of imidazole rings is 1. The molecular formula is C18H14N4O2. The van der Waals surface area contributed by atoms with Gasteiger partial charge in [0.15, 0.2) is 5.76 Å². The van der Waals surface area contributed by atoms with Gasteiger partial charge in [-0.25, -0.2) is 4.98 Å². The summed E-state index contributed by atoms with van der Waals surface area (Å²) in [5.41, 5.74) is 3.85. The van der Waals surface area contributed by atoms with Crippen LogP contribution in [0.4, 0.5) is 0 Å². The van der Waals surface area contributed by atoms with Gasteiger partial charge in [-0.1, -0.05) is 35.5 Å². The second kappa shape index (κ2) is 6.00. The highest BCUT2D eigenvalue weighted by Gasteiger charge is 2.10. The second-order valence-electron chi connectivity index (χ2n) is 5.37. The number of carbonyl (C=O) groups excluding carboxylic acids is 1. The molecule has 0 saturated carbocycles. The van der Waals surface area contributed by atoms with Crippen molar-refractivity contribution in [1.82, 2.24) is 20.4 Å². The van der Waals surface area contributed by atoms with Crippen molar-refractivity contribution in [3.63, 3.8) is 0 Å². The second-order valence-corrected chi connectivity index (χ2v) is 5.37. The first-order valence-corrected chi connectivity index (χ1v) is 7.52. The highest BCUT2D eigenvalue weighted by atomic mass is 16.5. The molecule has 2 heterocycles. The molecule has 118 valence electrons. The summed E-state index contributed by atoms with van der Waals surface area (Å²) in [4.78, 5) is 19.4. The molecule has 0 bridgehead atoms. The minimum absolute atomic E-state index is 0.171. The Kier molecular flexibility index (Phi) is 3.55. The molecule has 0 aliphatic heterocycles. The van der Waals surface area contributed by atoms with Gasteiger partial charge in [-0.05, 0) is 18.2 Å². The van der Waals surface area contributed by atoms with E-state index in [1.807, 2.05) is 42.5 Å². The molecule has 4 rings (SSSR count). The normalized spacial score (nSPS) is 10.8. The quantitative estimate of drug-likeness (QED) is 0.605. The summed E-state index contributed by atoms with van der Waals surface area (Å²) in [7, 11) is 0. The first-order valence-electron chi connectivity index (χ1n) is 7.52. The SMILES string of the molecule is O=C(NCc1cc(-c2ccccc2)on1)c1ccc2nc[nH]c2c1. The van der Waals surface area contributed by atoms with E-state index in [4.69, 9.17) is 4.52 Å². The number of nitrogens with one attached hydrogen (secondary N) is 2. The van der Waals surface area contributed by atoms with Crippen molar-refractivity contribution in [2.75, 3.05) is 0 Å². The minimum Gasteiger partial charge on any atom is -0.356 e. The van der Waals surface area contributed by atoms with E-state index in [2.05, 4.69) is 20.4 Å². The maximum atomic E-state index is 12.3. The standard InChI is InChI=1S/C18H14N4O2/c23-18(13-6-7-15-16(8-13)21-11-20-15)19-10-14-9-17(24-22-14)12-4-2-1-3-5-12/h1-9,11H,10H2,(H,19,23)(H,20,21). The predicted molar refractivity (Wildman–Crippen MR) is 89.2 cm³/mol. The van der Waals surface area contributed by atoms with E-state index in [0.29, 0.717) is 23.6 Å². The Morgan fingerprint density at radius 2 is 2.00 bits per heavy atom. The van der Waals surface area contributed by atoms with Crippen LogP contribution in [0.15, 0.2) is 65.4 Å². The van der Waals surface area contributed by atoms with Gasteiger partial charge in [-0.2, -0.15) is 0 Å². The van der Waals surface area contributed by atoms with Crippen molar-refractivity contribution in [3.05, 3.63) is 72.2 Å². The highest BCUT2D eigenvalue weighted by Crippen LogP contribution is 2.19. The van der Waals surface area contributed by atoms with E-state index in [9.17, 15) is 4.79 Å². The molecule has 2 aromatic heterocycles. The van der Waals surface area contributed by atoms with Crippen molar-refractivity contribution in [1.29, 1.82) is 0 Å². The van der Waals surface area contributed by atoms with Crippen LogP contribution in [-0.2, 0) is 6.54 Å². The van der Waals surface area contributed by atoms with E-state index in [0.717, 1.165) is 16.6 Å². The zero-order valence-electron chi connectivity index (χ0n) is 12.7. The van der Waals surface area contributed by atoms with Crippen molar-refractivity contribution in [2.45, 2.75) is 6.54 Å². The summed E-state index contributed by atoms with van der Waals surface area (Å²) < 4.78 is 5.32. The summed E-state index contributed by atoms with van der Waals surface area (Å²) in [5.74, 6) is 0.509. The van der Waals surface area contributed by atoms with Crippen LogP contribution in [0.25, 0.3) is 22.4 Å². The highest BCUT2D eigenvalue weighted by molar-refractivity contribution is 5.97. The van der Waals surface area contributed by atoms with Crippen LogP contribution >= 0.6 is 0 Å². The first-order chi connectivity index (χ1) is 11.8. The molecule has 0 atom stereocenters. The lowest BCUT2D eigenvalue weighted by atomic mass is 10.1. The molecule has 0 saturated heterocycles. The number of aromatic amines is 1. The first kappa shape index (κ1) is 14.2. The number of aromatic nitrogens is 3. The Balaban J connectivity index is 1.45. The van der Waals surface area contributed by atoms with Gasteiger partial charge in [-0.3, -0.25) is 4.79 Å². The average Bonchev–Trinajstić information content (AvgIpc) is 3.29. The third kappa shape index (κ3) is 2.77. The van der Waals surface area contributed by atoms with Crippen LogP contribution in [0, 0.1) is 0 Å². The number of fused-ring (bicyclic) bond motifs is 1. The van der Waals surface area contributed by atoms with Gasteiger partial charge in [0.2, 0.25) is 0 Å². The lowest BCUT2D eigenvalue weighted by Gasteiger charge is -2.02. The van der Waals surface area contributed by atoms with Crippen molar-refractivity contribution in [2.24, 2.45) is 0 Å². The predicted octanol–water partition coefficient (Wildman–Crippen LogP) is 3.15. The van der Waals surface area contributed by atoms with Gasteiger partial charge < -0.3 is 14.8 Å². The Bertz CT molecular complexity index is 988. The summed E-state index contributed by atoms with van der Waals surface area (Å²) >= 11 is 0. The lowest BCUT2D eigenvalue weighted by Crippen LogP contribution is -2.22. The van der Waals surface area contributed by atoms with Crippen LogP contribution in [0.5, 0.6) is 0 Å². The van der Waals surface area contributed by atoms with Gasteiger partial charge >= 0.3 is 0 Å². The molecule has 0 spiro atoms. The van der Waals surface area contributed by atoms with Gasteiger partial charge in [0.25, 0.3) is 5.91 Å². The lowest BCUT2D eigenvalue weighted by molar-refractivity contribution is 0.0950. The zero-order chi connectivity index (χ0) is 16.4. The van der Waals surface area contributed by atoms with E-state index >= 15 is 0 Å². The Morgan fingerprint density at radius 3 is 2.88 bits per heavy atom. The monoisotopic (exact) mass is 318 g/mol. The fourth-order valence-electron chi connectivity index (χ4n) is 2.48. The third-order valence-corrected chi connectivity index (χ3v) is 3.73. The number of carbonyl (C=O) groups is 1. The van der Waals surface area contributed by atoms with Gasteiger partial charge in [-0.15, -0.1) is 0 Å². The maximum absolute atomic E-state index is 12.3. The molecule has 0 aliphatic rings. The smallest absolute Gasteiger partial charge is 0.251 e. The molecule has 0 radical (unpaired) electrons. The van der Waals surface area contributed by atoms with E-state index in [1.165, 1.54) is 0 Å². The van der Waals surface area contributed by atoms with Crippen molar-refractivity contribution < 1.29 is 9.32 Å².